The zero-order chi connectivity index (χ0) is 35.4. The van der Waals surface area contributed by atoms with Crippen LogP contribution in [0.2, 0.25) is 0 Å². The van der Waals surface area contributed by atoms with Crippen LogP contribution in [0.5, 0.6) is 0 Å². The normalized spacial score (nSPS) is 47.1. The summed E-state index contributed by atoms with van der Waals surface area (Å²) in [6.45, 7) is 7.00. The number of ketones is 1. The van der Waals surface area contributed by atoms with E-state index in [1.54, 1.807) is 13.0 Å². The van der Waals surface area contributed by atoms with Gasteiger partial charge in [0.15, 0.2) is 5.78 Å². The van der Waals surface area contributed by atoms with Crippen LogP contribution in [0.3, 0.4) is 0 Å². The smallest absolute Gasteiger partial charge is 0.159 e. The Morgan fingerprint density at radius 3 is 2.55 bits per heavy atom. The fourth-order valence-corrected chi connectivity index (χ4v) is 12.2. The number of piperidine rings is 1. The van der Waals surface area contributed by atoms with Crippen LogP contribution < -0.4 is 11.1 Å². The minimum Gasteiger partial charge on any atom is -0.396 e. The number of allylic oxidation sites excluding steroid dienone is 1. The predicted octanol–water partition coefficient (Wildman–Crippen LogP) is 2.94. The molecule has 3 saturated carbocycles. The van der Waals surface area contributed by atoms with Crippen molar-refractivity contribution in [3.63, 3.8) is 0 Å². The Morgan fingerprint density at radius 2 is 1.86 bits per heavy atom. The molecule has 0 aromatic rings. The molecule has 49 heavy (non-hydrogen) atoms. The Balaban J connectivity index is 1.25. The zero-order valence-electron chi connectivity index (χ0n) is 30.2. The number of nitrogens with one attached hydrogen (secondary N) is 1. The first-order valence-electron chi connectivity index (χ1n) is 19.7. The molecular weight excluding hydrogens is 624 g/mol. The fraction of sp³-hybridized carbons (Fsp3) is 0.923. The predicted molar refractivity (Wildman–Crippen MR) is 186 cm³/mol. The maximum atomic E-state index is 14.1. The van der Waals surface area contributed by atoms with Crippen molar-refractivity contribution in [3.8, 4) is 0 Å². The minimum absolute atomic E-state index is 0.00245. The molecule has 6 rings (SSSR count). The largest absolute Gasteiger partial charge is 0.396 e. The molecule has 10 heteroatoms. The second kappa shape index (κ2) is 14.5. The summed E-state index contributed by atoms with van der Waals surface area (Å²) in [5, 5.41) is 72.8. The molecule has 0 bridgehead atoms. The lowest BCUT2D eigenvalue weighted by molar-refractivity contribution is -0.197. The van der Waals surface area contributed by atoms with Gasteiger partial charge in [-0.25, -0.2) is 0 Å². The highest BCUT2D eigenvalue weighted by molar-refractivity contribution is 5.95. The summed E-state index contributed by atoms with van der Waals surface area (Å²) in [4.78, 5) is 14.1. The summed E-state index contributed by atoms with van der Waals surface area (Å²) in [6, 6.07) is 0. The van der Waals surface area contributed by atoms with Gasteiger partial charge in [0.1, 0.15) is 6.10 Å². The molecule has 280 valence electrons. The second-order valence-corrected chi connectivity index (χ2v) is 17.7. The van der Waals surface area contributed by atoms with Crippen molar-refractivity contribution in [2.45, 2.75) is 159 Å². The van der Waals surface area contributed by atoms with Crippen molar-refractivity contribution in [2.24, 2.45) is 52.1 Å². The highest BCUT2D eigenvalue weighted by Crippen LogP contribution is 2.69. The van der Waals surface area contributed by atoms with E-state index in [2.05, 4.69) is 12.2 Å². The molecule has 9 N–H and O–H groups in total. The average molecular weight is 691 g/mol. The Kier molecular flexibility index (Phi) is 11.2. The molecule has 0 spiro atoms. The molecule has 2 heterocycles. The van der Waals surface area contributed by atoms with E-state index in [0.717, 1.165) is 63.5 Å². The summed E-state index contributed by atoms with van der Waals surface area (Å²) in [5.74, 6) is -0.851. The lowest BCUT2D eigenvalue weighted by atomic mass is 9.44. The van der Waals surface area contributed by atoms with Crippen LogP contribution in [0, 0.1) is 46.3 Å². The van der Waals surface area contributed by atoms with Gasteiger partial charge in [0.2, 0.25) is 0 Å². The summed E-state index contributed by atoms with van der Waals surface area (Å²) in [7, 11) is 0. The van der Waals surface area contributed by atoms with Crippen LogP contribution >= 0.6 is 0 Å². The third kappa shape index (κ3) is 6.41. The van der Waals surface area contributed by atoms with E-state index in [1.165, 1.54) is 6.42 Å². The van der Waals surface area contributed by atoms with Gasteiger partial charge >= 0.3 is 0 Å². The molecule has 2 aliphatic heterocycles. The Hall–Kier alpha value is -0.950. The number of hydrogen-bond acceptors (Lipinski definition) is 10. The standard InChI is InChI=1S/C39H66N2O8/c1-4-5-6-7-8-24-22-49-34(25(24)21-42)35(46)37(3,47)32-13-16-39(48)27-17-29(43)28-18-30(44)31(45)19-38(28,26(27)12-14-36(32,39)2)15-11-23-9-10-33(40)41-20-23/h17,23-26,28,30-35,41-42,44-48H,4-16,18-22,40H2,1-3H3/t23?,24-,25-,26+,28+,30+,31-,32+,33?,34+,35+,36+,37+,38+,39-/m0/s1. The number of ether oxygens (including phenoxy) is 1. The molecule has 0 radical (unpaired) electrons. The SMILES string of the molecule is CCCCCC[C@H]1CO[C@@H]([C@@H](O)[C@](C)(O)[C@@H]2CC[C@]3(O)C4=CC(=O)[C@H]5C[C@@H](O)[C@@H](O)C[C@]5(CCC5CCC(N)NC5)[C@@H]4CC[C@]23C)[C@H]1CO. The Bertz CT molecular complexity index is 1210. The first-order chi connectivity index (χ1) is 23.2. The molecule has 0 aromatic heterocycles. The third-order valence-electron chi connectivity index (χ3n) is 15.2. The summed E-state index contributed by atoms with van der Waals surface area (Å²) in [6.07, 6.45) is 9.38. The van der Waals surface area contributed by atoms with Crippen molar-refractivity contribution in [1.82, 2.24) is 5.32 Å². The summed E-state index contributed by atoms with van der Waals surface area (Å²) < 4.78 is 6.16. The van der Waals surface area contributed by atoms with Gasteiger partial charge in [-0.2, -0.15) is 0 Å². The second-order valence-electron chi connectivity index (χ2n) is 17.7. The molecule has 0 amide bonds. The number of nitrogens with two attached hydrogens (primary N) is 1. The van der Waals surface area contributed by atoms with Gasteiger partial charge in [0.05, 0.1) is 42.3 Å². The number of hydrogen-bond donors (Lipinski definition) is 8. The van der Waals surface area contributed by atoms with Crippen molar-refractivity contribution < 1.29 is 40.2 Å². The van der Waals surface area contributed by atoms with E-state index in [-0.39, 0.29) is 42.7 Å². The average Bonchev–Trinajstić information content (AvgIpc) is 3.61. The molecule has 15 atom stereocenters. The molecule has 6 aliphatic rings. The van der Waals surface area contributed by atoms with Crippen LogP contribution in [0.1, 0.15) is 117 Å². The highest BCUT2D eigenvalue weighted by Gasteiger charge is 2.70. The maximum absolute atomic E-state index is 14.1. The van der Waals surface area contributed by atoms with E-state index >= 15 is 0 Å². The van der Waals surface area contributed by atoms with Gasteiger partial charge in [0, 0.05) is 23.9 Å². The number of carbonyl (C=O) groups is 1. The number of carbonyl (C=O) groups excluding carboxylic acids is 1. The molecule has 0 aromatic carbocycles. The van der Waals surface area contributed by atoms with Gasteiger partial charge in [0.25, 0.3) is 0 Å². The third-order valence-corrected chi connectivity index (χ3v) is 15.2. The molecule has 10 nitrogen and oxygen atoms in total. The van der Waals surface area contributed by atoms with Crippen molar-refractivity contribution in [2.75, 3.05) is 19.8 Å². The molecule has 2 unspecified atom stereocenters. The van der Waals surface area contributed by atoms with Gasteiger partial charge in [-0.05, 0) is 125 Å². The van der Waals surface area contributed by atoms with E-state index in [9.17, 15) is 35.4 Å². The number of aliphatic hydroxyl groups excluding tert-OH is 4. The highest BCUT2D eigenvalue weighted by atomic mass is 16.5. The Labute approximate surface area is 293 Å². The zero-order valence-corrected chi connectivity index (χ0v) is 30.2. The topological polar surface area (TPSA) is 186 Å². The number of fused-ring (bicyclic) bond motifs is 5. The maximum Gasteiger partial charge on any atom is 0.159 e. The number of aliphatic hydroxyl groups is 6. The van der Waals surface area contributed by atoms with Gasteiger partial charge in [-0.15, -0.1) is 0 Å². The summed E-state index contributed by atoms with van der Waals surface area (Å²) in [5.41, 5.74) is 2.44. The first-order valence-corrected chi connectivity index (χ1v) is 19.7. The molecule has 4 aliphatic carbocycles. The number of unbranched alkanes of at least 4 members (excludes halogenated alkanes) is 3. The molecule has 5 fully saturated rings. The first kappa shape index (κ1) is 37.8. The minimum atomic E-state index is -1.61. The van der Waals surface area contributed by atoms with Crippen molar-refractivity contribution in [3.05, 3.63) is 11.6 Å². The van der Waals surface area contributed by atoms with E-state index in [0.29, 0.717) is 44.6 Å². The van der Waals surface area contributed by atoms with E-state index in [1.807, 2.05) is 6.92 Å². The van der Waals surface area contributed by atoms with E-state index in [4.69, 9.17) is 10.5 Å². The van der Waals surface area contributed by atoms with Gasteiger partial charge in [-0.1, -0.05) is 39.5 Å². The quantitative estimate of drug-likeness (QED) is 0.142. The van der Waals surface area contributed by atoms with Crippen LogP contribution in [-0.4, -0.2) is 98.0 Å². The molecular formula is C39H66N2O8. The lowest BCUT2D eigenvalue weighted by Crippen LogP contribution is -2.64. The van der Waals surface area contributed by atoms with Crippen LogP contribution in [0.15, 0.2) is 11.6 Å². The summed E-state index contributed by atoms with van der Waals surface area (Å²) >= 11 is 0. The van der Waals surface area contributed by atoms with Crippen molar-refractivity contribution >= 4 is 5.78 Å². The fourth-order valence-electron chi connectivity index (χ4n) is 12.2. The Morgan fingerprint density at radius 1 is 1.08 bits per heavy atom. The van der Waals surface area contributed by atoms with Crippen LogP contribution in [0.25, 0.3) is 0 Å². The van der Waals surface area contributed by atoms with E-state index < -0.39 is 58.3 Å². The van der Waals surface area contributed by atoms with Gasteiger partial charge < -0.3 is 46.4 Å². The monoisotopic (exact) mass is 690 g/mol. The van der Waals surface area contributed by atoms with Gasteiger partial charge in [-0.3, -0.25) is 4.79 Å². The number of rotatable bonds is 12. The van der Waals surface area contributed by atoms with Crippen LogP contribution in [0.4, 0.5) is 0 Å². The lowest BCUT2D eigenvalue weighted by Gasteiger charge is -2.62. The molecule has 2 saturated heterocycles. The van der Waals surface area contributed by atoms with Crippen molar-refractivity contribution in [1.29, 1.82) is 0 Å². The van der Waals surface area contributed by atoms with Crippen LogP contribution in [-0.2, 0) is 9.53 Å².